The maximum Gasteiger partial charge on any atom is 0.332 e. The van der Waals surface area contributed by atoms with Crippen molar-refractivity contribution in [1.82, 2.24) is 0 Å². The Bertz CT molecular complexity index is 905. The summed E-state index contributed by atoms with van der Waals surface area (Å²) in [5, 5.41) is 20.2. The topological polar surface area (TPSA) is 76.0 Å². The molecule has 3 fully saturated rings. The quantitative estimate of drug-likeness (QED) is 0.396. The van der Waals surface area contributed by atoms with Gasteiger partial charge in [-0.25, -0.2) is 4.79 Å². The van der Waals surface area contributed by atoms with Gasteiger partial charge >= 0.3 is 5.97 Å². The molecule has 5 heteroatoms. The molecule has 4 rings (SSSR count). The first-order chi connectivity index (χ1) is 16.0. The molecule has 0 aliphatic heterocycles. The van der Waals surface area contributed by atoms with Gasteiger partial charge in [0, 0.05) is 6.42 Å². The molecule has 0 aromatic carbocycles. The van der Waals surface area contributed by atoms with E-state index >= 15 is 0 Å². The molecule has 0 unspecified atom stereocenters. The van der Waals surface area contributed by atoms with Gasteiger partial charge in [-0.15, -0.1) is 0 Å². The maximum absolute atomic E-state index is 12.4. The first kappa shape index (κ1) is 25.4. The molecule has 0 aromatic rings. The largest absolute Gasteiger partial charge is 0.458 e. The van der Waals surface area contributed by atoms with E-state index in [1.807, 2.05) is 20.8 Å². The standard InChI is InChI=1S/C29H42O5/c1-18-21(15-23(30)16-26(18)31)9-8-20-7-6-14-29(5)24(12-13-25(20)29)19(2)33-17-27(32)34-28(3,4)22-10-11-22/h8-9,12,19,22-23,25-26,30-31H,1,6-7,10-11,13-17H2,2-5H3/t19-,23+,25-,26-,29+/m0/s1. The highest BCUT2D eigenvalue weighted by molar-refractivity contribution is 5.71. The van der Waals surface area contributed by atoms with Gasteiger partial charge in [-0.05, 0) is 99.7 Å². The Morgan fingerprint density at radius 2 is 2.06 bits per heavy atom. The fourth-order valence-corrected chi connectivity index (χ4v) is 6.41. The molecule has 5 nitrogen and oxygen atoms in total. The van der Waals surface area contributed by atoms with Crippen molar-refractivity contribution in [3.05, 3.63) is 47.1 Å². The first-order valence-electron chi connectivity index (χ1n) is 13.0. The van der Waals surface area contributed by atoms with E-state index in [0.29, 0.717) is 24.7 Å². The van der Waals surface area contributed by atoms with Crippen molar-refractivity contribution in [1.29, 1.82) is 0 Å². The van der Waals surface area contributed by atoms with Crippen LogP contribution in [0.5, 0.6) is 0 Å². The summed E-state index contributed by atoms with van der Waals surface area (Å²) in [4.78, 5) is 12.4. The zero-order valence-corrected chi connectivity index (χ0v) is 21.3. The van der Waals surface area contributed by atoms with Crippen LogP contribution in [0.25, 0.3) is 0 Å². The van der Waals surface area contributed by atoms with Crippen molar-refractivity contribution >= 4 is 5.97 Å². The lowest BCUT2D eigenvalue weighted by Crippen LogP contribution is -2.36. The summed E-state index contributed by atoms with van der Waals surface area (Å²) < 4.78 is 11.7. The third kappa shape index (κ3) is 5.27. The van der Waals surface area contributed by atoms with Gasteiger partial charge in [-0.2, -0.15) is 0 Å². The smallest absolute Gasteiger partial charge is 0.332 e. The molecule has 0 spiro atoms. The Labute approximate surface area is 204 Å². The summed E-state index contributed by atoms with van der Waals surface area (Å²) in [5.74, 6) is 0.606. The second-order valence-electron chi connectivity index (χ2n) is 11.6. The fourth-order valence-electron chi connectivity index (χ4n) is 6.41. The number of hydrogen-bond donors (Lipinski definition) is 2. The number of carbonyl (C=O) groups is 1. The molecule has 0 amide bonds. The number of allylic oxidation sites excluding steroid dienone is 4. The number of fused-ring (bicyclic) bond motifs is 1. The Morgan fingerprint density at radius 1 is 1.32 bits per heavy atom. The number of esters is 1. The lowest BCUT2D eigenvalue weighted by Gasteiger charge is -2.42. The van der Waals surface area contributed by atoms with E-state index in [4.69, 9.17) is 9.47 Å². The van der Waals surface area contributed by atoms with E-state index in [1.165, 1.54) is 11.1 Å². The van der Waals surface area contributed by atoms with Gasteiger partial charge in [0.05, 0.1) is 18.3 Å². The lowest BCUT2D eigenvalue weighted by molar-refractivity contribution is -0.165. The molecular weight excluding hydrogens is 428 g/mol. The van der Waals surface area contributed by atoms with Crippen LogP contribution >= 0.6 is 0 Å². The van der Waals surface area contributed by atoms with Crippen molar-refractivity contribution in [2.45, 2.75) is 103 Å². The summed E-state index contributed by atoms with van der Waals surface area (Å²) in [7, 11) is 0. The number of ether oxygens (including phenoxy) is 2. The highest BCUT2D eigenvalue weighted by Crippen LogP contribution is 2.55. The molecule has 0 bridgehead atoms. The van der Waals surface area contributed by atoms with Crippen LogP contribution in [0.1, 0.15) is 79.1 Å². The molecule has 2 N–H and O–H groups in total. The van der Waals surface area contributed by atoms with Crippen LogP contribution in [-0.2, 0) is 14.3 Å². The third-order valence-corrected chi connectivity index (χ3v) is 8.70. The highest BCUT2D eigenvalue weighted by atomic mass is 16.6. The van der Waals surface area contributed by atoms with Crippen molar-refractivity contribution < 1.29 is 24.5 Å². The second-order valence-corrected chi connectivity index (χ2v) is 11.6. The predicted octanol–water partition coefficient (Wildman–Crippen LogP) is 5.18. The molecule has 0 saturated heterocycles. The van der Waals surface area contributed by atoms with E-state index in [0.717, 1.165) is 49.7 Å². The Balaban J connectivity index is 1.39. The molecule has 0 heterocycles. The van der Waals surface area contributed by atoms with Gasteiger partial charge in [-0.3, -0.25) is 0 Å². The van der Waals surface area contributed by atoms with Crippen molar-refractivity contribution in [2.75, 3.05) is 6.61 Å². The summed E-state index contributed by atoms with van der Waals surface area (Å²) in [5.41, 5.74) is 3.99. The molecule has 3 saturated carbocycles. The third-order valence-electron chi connectivity index (χ3n) is 8.70. The Hall–Kier alpha value is -1.69. The molecule has 0 radical (unpaired) electrons. The summed E-state index contributed by atoms with van der Waals surface area (Å²) in [6, 6.07) is 0. The number of aliphatic hydroxyl groups excluding tert-OH is 2. The van der Waals surface area contributed by atoms with Gasteiger partial charge in [-0.1, -0.05) is 37.3 Å². The Morgan fingerprint density at radius 3 is 2.76 bits per heavy atom. The normalized spacial score (nSPS) is 35.3. The average Bonchev–Trinajstić information content (AvgIpc) is 3.56. The minimum atomic E-state index is -0.663. The molecular formula is C29H42O5. The fraction of sp³-hybridized carbons (Fsp3) is 0.690. The summed E-state index contributed by atoms with van der Waals surface area (Å²) in [6.07, 6.45) is 12.7. The summed E-state index contributed by atoms with van der Waals surface area (Å²) in [6.45, 7) is 12.4. The number of rotatable bonds is 7. The molecule has 34 heavy (non-hydrogen) atoms. The van der Waals surface area contributed by atoms with E-state index < -0.39 is 17.8 Å². The van der Waals surface area contributed by atoms with Crippen molar-refractivity contribution in [2.24, 2.45) is 17.3 Å². The zero-order chi connectivity index (χ0) is 24.7. The van der Waals surface area contributed by atoms with Gasteiger partial charge in [0.1, 0.15) is 12.2 Å². The second kappa shape index (κ2) is 9.75. The number of carbonyl (C=O) groups excluding carboxylic acids is 1. The van der Waals surface area contributed by atoms with E-state index in [1.54, 1.807) is 0 Å². The highest BCUT2D eigenvalue weighted by Gasteiger charge is 2.46. The van der Waals surface area contributed by atoms with Gasteiger partial charge in [0.25, 0.3) is 0 Å². The SMILES string of the molecule is C=C1C(=CC=C2CCC[C@]3(C)C([C@H](C)OCC(=O)OC(C)(C)C4CC4)=CC[C@@H]23)C[C@@H](O)C[C@@H]1O. The van der Waals surface area contributed by atoms with Crippen molar-refractivity contribution in [3.63, 3.8) is 0 Å². The Kier molecular flexibility index (Phi) is 7.29. The minimum absolute atomic E-state index is 0.0157. The molecule has 4 aliphatic carbocycles. The number of aliphatic hydroxyl groups is 2. The lowest BCUT2D eigenvalue weighted by atomic mass is 9.63. The molecule has 5 atom stereocenters. The van der Waals surface area contributed by atoms with Gasteiger partial charge < -0.3 is 19.7 Å². The van der Waals surface area contributed by atoms with Crippen LogP contribution < -0.4 is 0 Å². The average molecular weight is 471 g/mol. The van der Waals surface area contributed by atoms with Crippen molar-refractivity contribution in [3.8, 4) is 0 Å². The first-order valence-corrected chi connectivity index (χ1v) is 13.0. The predicted molar refractivity (Wildman–Crippen MR) is 133 cm³/mol. The zero-order valence-electron chi connectivity index (χ0n) is 21.3. The number of hydrogen-bond acceptors (Lipinski definition) is 5. The van der Waals surface area contributed by atoms with Gasteiger partial charge in [0.2, 0.25) is 0 Å². The molecule has 0 aromatic heterocycles. The monoisotopic (exact) mass is 470 g/mol. The van der Waals surface area contributed by atoms with Crippen LogP contribution in [-0.4, -0.2) is 46.7 Å². The minimum Gasteiger partial charge on any atom is -0.458 e. The molecule has 4 aliphatic rings. The van der Waals surface area contributed by atoms with E-state index in [-0.39, 0.29) is 24.1 Å². The van der Waals surface area contributed by atoms with Crippen LogP contribution in [0.2, 0.25) is 0 Å². The maximum atomic E-state index is 12.4. The summed E-state index contributed by atoms with van der Waals surface area (Å²) >= 11 is 0. The molecule has 188 valence electrons. The van der Waals surface area contributed by atoms with Gasteiger partial charge in [0.15, 0.2) is 0 Å². The van der Waals surface area contributed by atoms with Crippen LogP contribution in [0.15, 0.2) is 47.1 Å². The van der Waals surface area contributed by atoms with Crippen LogP contribution in [0, 0.1) is 17.3 Å². The van der Waals surface area contributed by atoms with E-state index in [9.17, 15) is 15.0 Å². The van der Waals surface area contributed by atoms with Crippen LogP contribution in [0.4, 0.5) is 0 Å². The van der Waals surface area contributed by atoms with Crippen LogP contribution in [0.3, 0.4) is 0 Å². The van der Waals surface area contributed by atoms with E-state index in [2.05, 4.69) is 31.7 Å².